The third-order valence-corrected chi connectivity index (χ3v) is 15.5. The molecule has 300 valence electrons. The fourth-order valence-corrected chi connectivity index (χ4v) is 12.5. The molecule has 0 bridgehead atoms. The van der Waals surface area contributed by atoms with Gasteiger partial charge in [-0.1, -0.05) is 109 Å². The molecular weight excluding hydrogens is 761 g/mol. The van der Waals surface area contributed by atoms with E-state index in [-0.39, 0.29) is 0 Å². The smallest absolute Gasteiger partial charge is 0.391 e. The molecule has 0 saturated carbocycles. The van der Waals surface area contributed by atoms with Crippen LogP contribution in [0, 0.1) is 27.7 Å². The molecule has 1 aliphatic heterocycles. The second-order valence-electron chi connectivity index (χ2n) is 15.9. The van der Waals surface area contributed by atoms with Crippen molar-refractivity contribution in [1.82, 2.24) is 0 Å². The molecule has 0 unspecified atom stereocenters. The number of rotatable bonds is 10. The zero-order valence-corrected chi connectivity index (χ0v) is 36.7. The van der Waals surface area contributed by atoms with E-state index in [2.05, 4.69) is 232 Å². The van der Waals surface area contributed by atoms with Crippen LogP contribution in [0.3, 0.4) is 0 Å². The molecule has 0 aliphatic carbocycles. The Morgan fingerprint density at radius 1 is 0.344 bits per heavy atom. The van der Waals surface area contributed by atoms with Gasteiger partial charge in [-0.05, 0) is 168 Å². The second kappa shape index (κ2) is 16.7. The molecule has 9 rings (SSSR count). The summed E-state index contributed by atoms with van der Waals surface area (Å²) in [6.45, 7) is 8.89. The van der Waals surface area contributed by atoms with Crippen LogP contribution in [0.1, 0.15) is 33.4 Å². The zero-order valence-electron chi connectivity index (χ0n) is 35.7. The van der Waals surface area contributed by atoms with Gasteiger partial charge in [-0.25, -0.2) is 0 Å². The van der Waals surface area contributed by atoms with Crippen molar-refractivity contribution in [3.05, 3.63) is 215 Å². The fraction of sp³-hybridized carbons (Fsp3) is 0.107. The first kappa shape index (κ1) is 39.7. The quantitative estimate of drug-likeness (QED) is 0.128. The highest BCUT2D eigenvalue weighted by atomic mass is 28.4. The molecule has 0 fully saturated rings. The Morgan fingerprint density at radius 2 is 0.639 bits per heavy atom. The van der Waals surface area contributed by atoms with E-state index in [4.69, 9.17) is 8.85 Å². The molecule has 0 spiro atoms. The number of para-hydroxylation sites is 4. The van der Waals surface area contributed by atoms with E-state index in [1.165, 1.54) is 33.4 Å². The van der Waals surface area contributed by atoms with Crippen molar-refractivity contribution in [2.45, 2.75) is 27.7 Å². The minimum atomic E-state index is -3.23. The van der Waals surface area contributed by atoms with E-state index in [0.717, 1.165) is 66.8 Å². The van der Waals surface area contributed by atoms with Crippen molar-refractivity contribution in [2.75, 3.05) is 24.0 Å². The molecule has 8 aromatic rings. The number of nitrogens with zero attached hydrogens (tertiary/aromatic N) is 2. The van der Waals surface area contributed by atoms with E-state index >= 15 is 0 Å². The second-order valence-corrected chi connectivity index (χ2v) is 19.0. The minimum absolute atomic E-state index is 1.10. The molecule has 0 aromatic heterocycles. The largest absolute Gasteiger partial charge is 0.407 e. The predicted molar refractivity (Wildman–Crippen MR) is 260 cm³/mol. The molecule has 0 atom stereocenters. The van der Waals surface area contributed by atoms with Crippen molar-refractivity contribution in [3.8, 4) is 22.3 Å². The maximum Gasteiger partial charge on any atom is 0.407 e. The summed E-state index contributed by atoms with van der Waals surface area (Å²) in [5, 5.41) is 2.20. The van der Waals surface area contributed by atoms with E-state index < -0.39 is 8.56 Å². The van der Waals surface area contributed by atoms with Crippen molar-refractivity contribution >= 4 is 65.2 Å². The van der Waals surface area contributed by atoms with Gasteiger partial charge in [-0.2, -0.15) is 0 Å². The Labute approximate surface area is 361 Å². The van der Waals surface area contributed by atoms with Gasteiger partial charge < -0.3 is 18.7 Å². The highest BCUT2D eigenvalue weighted by Gasteiger charge is 2.45. The lowest BCUT2D eigenvalue weighted by molar-refractivity contribution is 0.272. The molecule has 1 aliphatic rings. The monoisotopic (exact) mass is 810 g/mol. The van der Waals surface area contributed by atoms with E-state index in [1.807, 2.05) is 14.2 Å². The summed E-state index contributed by atoms with van der Waals surface area (Å²) in [7, 11) is 0.394. The predicted octanol–water partition coefficient (Wildman–Crippen LogP) is 13.5. The molecule has 0 saturated heterocycles. The van der Waals surface area contributed by atoms with Gasteiger partial charge >= 0.3 is 8.56 Å². The normalized spacial score (nSPS) is 12.6. The average molecular weight is 811 g/mol. The minimum Gasteiger partial charge on any atom is -0.391 e. The summed E-state index contributed by atoms with van der Waals surface area (Å²) in [6, 6.07) is 65.2. The summed E-state index contributed by atoms with van der Waals surface area (Å²) >= 11 is 0. The molecule has 5 heteroatoms. The van der Waals surface area contributed by atoms with E-state index in [9.17, 15) is 0 Å². The molecule has 8 aromatic carbocycles. The highest BCUT2D eigenvalue weighted by Crippen LogP contribution is 2.41. The van der Waals surface area contributed by atoms with Gasteiger partial charge in [0.25, 0.3) is 0 Å². The number of anilines is 6. The van der Waals surface area contributed by atoms with Crippen LogP contribution < -0.4 is 20.2 Å². The SMILES string of the molecule is CO[Si]1(OC)c2cc(-c3c(C)cc(N(c4ccccc4)c4ccccc4)cc3C)ccc2C=Cc2ccc(-c3c(C)cc(N(c4ccccc4)c4ccccc4)cc3C)cc21. The first-order valence-corrected chi connectivity index (χ1v) is 22.7. The van der Waals surface area contributed by atoms with Crippen LogP contribution in [-0.4, -0.2) is 22.8 Å². The lowest BCUT2D eigenvalue weighted by atomic mass is 9.93. The molecular formula is C56H50N2O2Si. The van der Waals surface area contributed by atoms with Crippen LogP contribution in [0.2, 0.25) is 0 Å². The van der Waals surface area contributed by atoms with Gasteiger partial charge in [-0.3, -0.25) is 0 Å². The summed E-state index contributed by atoms with van der Waals surface area (Å²) in [6.07, 6.45) is 4.44. The van der Waals surface area contributed by atoms with Gasteiger partial charge in [-0.15, -0.1) is 0 Å². The van der Waals surface area contributed by atoms with Crippen molar-refractivity contribution in [3.63, 3.8) is 0 Å². The molecule has 1 heterocycles. The molecule has 0 radical (unpaired) electrons. The third-order valence-electron chi connectivity index (χ3n) is 12.0. The van der Waals surface area contributed by atoms with Crippen LogP contribution >= 0.6 is 0 Å². The molecule has 0 N–H and O–H groups in total. The van der Waals surface area contributed by atoms with Crippen molar-refractivity contribution < 1.29 is 8.85 Å². The van der Waals surface area contributed by atoms with Crippen LogP contribution in [0.5, 0.6) is 0 Å². The average Bonchev–Trinajstić information content (AvgIpc) is 3.42. The number of hydrogen-bond donors (Lipinski definition) is 0. The van der Waals surface area contributed by atoms with Gasteiger partial charge in [0, 0.05) is 58.7 Å². The summed E-state index contributed by atoms with van der Waals surface area (Å²) < 4.78 is 13.4. The Morgan fingerprint density at radius 3 is 0.918 bits per heavy atom. The Kier molecular flexibility index (Phi) is 10.9. The lowest BCUT2D eigenvalue weighted by Gasteiger charge is -2.31. The number of hydrogen-bond acceptors (Lipinski definition) is 4. The molecule has 61 heavy (non-hydrogen) atoms. The van der Waals surface area contributed by atoms with Gasteiger partial charge in [0.05, 0.1) is 0 Å². The van der Waals surface area contributed by atoms with Crippen LogP contribution in [0.4, 0.5) is 34.1 Å². The molecule has 4 nitrogen and oxygen atoms in total. The maximum absolute atomic E-state index is 6.72. The zero-order chi connectivity index (χ0) is 42.1. The summed E-state index contributed by atoms with van der Waals surface area (Å²) in [4.78, 5) is 4.65. The summed E-state index contributed by atoms with van der Waals surface area (Å²) in [5.41, 5.74) is 18.5. The van der Waals surface area contributed by atoms with Crippen molar-refractivity contribution in [1.29, 1.82) is 0 Å². The Hall–Kier alpha value is -6.76. The number of aryl methyl sites for hydroxylation is 4. The standard InChI is InChI=1S/C56H50N2O2Si/c1-39-33-51(57(47-19-11-7-12-20-47)48-21-13-8-14-22-48)34-40(2)55(39)45-31-29-43-27-28-44-30-32-46(38-54(44)61(59-5,60-6)53(43)37-45)56-41(3)35-52(36-42(56)4)58(49-23-15-9-16-24-49)50-25-17-10-18-26-50/h7-38H,1-6H3. The molecule has 0 amide bonds. The first-order valence-electron chi connectivity index (χ1n) is 20.9. The van der Waals surface area contributed by atoms with E-state index in [0.29, 0.717) is 0 Å². The highest BCUT2D eigenvalue weighted by molar-refractivity contribution is 6.93. The van der Waals surface area contributed by atoms with Gasteiger partial charge in [0.1, 0.15) is 0 Å². The van der Waals surface area contributed by atoms with Crippen LogP contribution in [0.25, 0.3) is 34.4 Å². The fourth-order valence-electron chi connectivity index (χ4n) is 9.38. The van der Waals surface area contributed by atoms with Crippen molar-refractivity contribution in [2.24, 2.45) is 0 Å². The Bertz CT molecular complexity index is 2550. The first-order chi connectivity index (χ1) is 29.8. The topological polar surface area (TPSA) is 24.9 Å². The maximum atomic E-state index is 6.72. The summed E-state index contributed by atoms with van der Waals surface area (Å²) in [5.74, 6) is 0. The number of fused-ring (bicyclic) bond motifs is 2. The van der Waals surface area contributed by atoms with Crippen LogP contribution in [-0.2, 0) is 8.85 Å². The van der Waals surface area contributed by atoms with Crippen LogP contribution in [0.15, 0.2) is 182 Å². The lowest BCUT2D eigenvalue weighted by Crippen LogP contribution is -2.63. The van der Waals surface area contributed by atoms with Gasteiger partial charge in [0.2, 0.25) is 0 Å². The van der Waals surface area contributed by atoms with E-state index in [1.54, 1.807) is 0 Å². The number of benzene rings is 8. The third kappa shape index (κ3) is 7.31. The Balaban J connectivity index is 1.12. The van der Waals surface area contributed by atoms with Gasteiger partial charge in [0.15, 0.2) is 0 Å².